The van der Waals surface area contributed by atoms with Crippen LogP contribution in [0.4, 0.5) is 0 Å². The van der Waals surface area contributed by atoms with Gasteiger partial charge in [-0.2, -0.15) is 11.3 Å². The van der Waals surface area contributed by atoms with Crippen molar-refractivity contribution in [2.24, 2.45) is 0 Å². The van der Waals surface area contributed by atoms with Crippen LogP contribution in [0.3, 0.4) is 0 Å². The van der Waals surface area contributed by atoms with E-state index in [4.69, 9.17) is 0 Å². The molecule has 0 amide bonds. The molecule has 2 heteroatoms. The zero-order valence-corrected chi connectivity index (χ0v) is 11.4. The van der Waals surface area contributed by atoms with Gasteiger partial charge in [0.1, 0.15) is 6.10 Å². The van der Waals surface area contributed by atoms with Crippen LogP contribution in [0.1, 0.15) is 53.5 Å². The van der Waals surface area contributed by atoms with Crippen molar-refractivity contribution in [2.45, 2.75) is 38.2 Å². The first-order valence-electron chi connectivity index (χ1n) is 6.56. The summed E-state index contributed by atoms with van der Waals surface area (Å²) in [4.78, 5) is 0. The Kier molecular flexibility index (Phi) is 3.23. The molecule has 1 atom stereocenters. The van der Waals surface area contributed by atoms with E-state index < -0.39 is 6.10 Å². The molecule has 1 N–H and O–H groups in total. The third-order valence-electron chi connectivity index (χ3n) is 3.99. The van der Waals surface area contributed by atoms with Crippen LogP contribution < -0.4 is 0 Å². The molecule has 3 rings (SSSR count). The number of benzene rings is 1. The number of hydrogen-bond acceptors (Lipinski definition) is 2. The second-order valence-corrected chi connectivity index (χ2v) is 5.95. The summed E-state index contributed by atoms with van der Waals surface area (Å²) in [5.74, 6) is 0.723. The SMILES string of the molecule is Cc1cscc1C(O)c1cccc(C2CCC2)c1. The normalized spacial score (nSPS) is 17.4. The molecule has 1 saturated carbocycles. The molecule has 1 aromatic carbocycles. The van der Waals surface area contributed by atoms with Gasteiger partial charge in [0.15, 0.2) is 0 Å². The van der Waals surface area contributed by atoms with Gasteiger partial charge in [0.05, 0.1) is 0 Å². The smallest absolute Gasteiger partial charge is 0.105 e. The largest absolute Gasteiger partial charge is 0.384 e. The Morgan fingerprint density at radius 3 is 2.72 bits per heavy atom. The predicted molar refractivity (Wildman–Crippen MR) is 76.2 cm³/mol. The molecule has 1 nitrogen and oxygen atoms in total. The minimum atomic E-state index is -0.476. The summed E-state index contributed by atoms with van der Waals surface area (Å²) in [6.07, 6.45) is 3.48. The maximum absolute atomic E-state index is 10.5. The molecule has 0 spiro atoms. The third kappa shape index (κ3) is 2.11. The summed E-state index contributed by atoms with van der Waals surface area (Å²) in [6, 6.07) is 8.49. The molecule has 1 aliphatic carbocycles. The highest BCUT2D eigenvalue weighted by atomic mass is 32.1. The van der Waals surface area contributed by atoms with Crippen LogP contribution in [0, 0.1) is 6.92 Å². The molecule has 1 aliphatic rings. The third-order valence-corrected chi connectivity index (χ3v) is 4.87. The van der Waals surface area contributed by atoms with Crippen LogP contribution in [0.15, 0.2) is 35.0 Å². The van der Waals surface area contributed by atoms with E-state index in [1.54, 1.807) is 11.3 Å². The molecule has 18 heavy (non-hydrogen) atoms. The second kappa shape index (κ2) is 4.87. The van der Waals surface area contributed by atoms with E-state index in [0.717, 1.165) is 17.0 Å². The fourth-order valence-electron chi connectivity index (χ4n) is 2.55. The Morgan fingerprint density at radius 2 is 2.11 bits per heavy atom. The second-order valence-electron chi connectivity index (χ2n) is 5.21. The summed E-state index contributed by atoms with van der Waals surface area (Å²) in [5, 5.41) is 14.6. The van der Waals surface area contributed by atoms with E-state index in [1.807, 2.05) is 6.07 Å². The highest BCUT2D eigenvalue weighted by Gasteiger charge is 2.21. The molecule has 0 bridgehead atoms. The number of aliphatic hydroxyl groups is 1. The fourth-order valence-corrected chi connectivity index (χ4v) is 3.42. The number of rotatable bonds is 3. The van der Waals surface area contributed by atoms with E-state index >= 15 is 0 Å². The van der Waals surface area contributed by atoms with Crippen LogP contribution >= 0.6 is 11.3 Å². The minimum Gasteiger partial charge on any atom is -0.384 e. The maximum atomic E-state index is 10.5. The highest BCUT2D eigenvalue weighted by molar-refractivity contribution is 7.08. The molecule has 1 unspecified atom stereocenters. The lowest BCUT2D eigenvalue weighted by molar-refractivity contribution is 0.220. The molecule has 0 aliphatic heterocycles. The predicted octanol–water partition coefficient (Wildman–Crippen LogP) is 4.41. The molecule has 1 heterocycles. The van der Waals surface area contributed by atoms with Gasteiger partial charge < -0.3 is 5.11 Å². The van der Waals surface area contributed by atoms with Gasteiger partial charge in [-0.25, -0.2) is 0 Å². The van der Waals surface area contributed by atoms with E-state index in [-0.39, 0.29) is 0 Å². The van der Waals surface area contributed by atoms with Gasteiger partial charge >= 0.3 is 0 Å². The average molecular weight is 258 g/mol. The van der Waals surface area contributed by atoms with Gasteiger partial charge in [0, 0.05) is 0 Å². The Hall–Kier alpha value is -1.12. The van der Waals surface area contributed by atoms with Crippen LogP contribution in [-0.4, -0.2) is 5.11 Å². The molecule has 94 valence electrons. The van der Waals surface area contributed by atoms with E-state index in [2.05, 4.69) is 35.9 Å². The molecule has 1 fully saturated rings. The number of aryl methyl sites for hydroxylation is 1. The highest BCUT2D eigenvalue weighted by Crippen LogP contribution is 2.37. The summed E-state index contributed by atoms with van der Waals surface area (Å²) in [5.41, 5.74) is 4.65. The zero-order chi connectivity index (χ0) is 12.5. The molecular weight excluding hydrogens is 240 g/mol. The van der Waals surface area contributed by atoms with Crippen molar-refractivity contribution in [2.75, 3.05) is 0 Å². The average Bonchev–Trinajstić information content (AvgIpc) is 2.73. The van der Waals surface area contributed by atoms with E-state index in [0.29, 0.717) is 0 Å². The van der Waals surface area contributed by atoms with Crippen LogP contribution in [0.5, 0.6) is 0 Å². The van der Waals surface area contributed by atoms with Crippen LogP contribution in [-0.2, 0) is 0 Å². The molecule has 2 aromatic rings. The first kappa shape index (κ1) is 11.9. The van der Waals surface area contributed by atoms with Crippen molar-refractivity contribution in [1.29, 1.82) is 0 Å². The first-order chi connectivity index (χ1) is 8.75. The monoisotopic (exact) mass is 258 g/mol. The van der Waals surface area contributed by atoms with Gasteiger partial charge in [0.25, 0.3) is 0 Å². The van der Waals surface area contributed by atoms with E-state index in [1.165, 1.54) is 30.4 Å². The molecular formula is C16H18OS. The zero-order valence-electron chi connectivity index (χ0n) is 10.6. The van der Waals surface area contributed by atoms with Crippen molar-refractivity contribution in [3.05, 3.63) is 57.3 Å². The fraction of sp³-hybridized carbons (Fsp3) is 0.375. The maximum Gasteiger partial charge on any atom is 0.105 e. The Labute approximate surface area is 112 Å². The quantitative estimate of drug-likeness (QED) is 0.864. The Bertz CT molecular complexity index is 540. The summed E-state index contributed by atoms with van der Waals surface area (Å²) in [6.45, 7) is 2.06. The summed E-state index contributed by atoms with van der Waals surface area (Å²) >= 11 is 1.66. The molecule has 1 aromatic heterocycles. The van der Waals surface area contributed by atoms with Crippen molar-refractivity contribution in [1.82, 2.24) is 0 Å². The minimum absolute atomic E-state index is 0.476. The standard InChI is InChI=1S/C16H18OS/c1-11-9-18-10-15(11)16(17)14-7-3-6-13(8-14)12-4-2-5-12/h3,6-10,12,16-17H,2,4-5H2,1H3. The lowest BCUT2D eigenvalue weighted by atomic mass is 9.79. The first-order valence-corrected chi connectivity index (χ1v) is 7.50. The van der Waals surface area contributed by atoms with Crippen molar-refractivity contribution in [3.63, 3.8) is 0 Å². The Morgan fingerprint density at radius 1 is 1.28 bits per heavy atom. The van der Waals surface area contributed by atoms with Gasteiger partial charge in [-0.3, -0.25) is 0 Å². The number of hydrogen-bond donors (Lipinski definition) is 1. The van der Waals surface area contributed by atoms with Crippen molar-refractivity contribution < 1.29 is 5.11 Å². The summed E-state index contributed by atoms with van der Waals surface area (Å²) in [7, 11) is 0. The van der Waals surface area contributed by atoms with E-state index in [9.17, 15) is 5.11 Å². The van der Waals surface area contributed by atoms with Gasteiger partial charge in [-0.15, -0.1) is 0 Å². The number of aliphatic hydroxyl groups excluding tert-OH is 1. The van der Waals surface area contributed by atoms with Crippen LogP contribution in [0.25, 0.3) is 0 Å². The van der Waals surface area contributed by atoms with Gasteiger partial charge in [-0.1, -0.05) is 30.7 Å². The van der Waals surface area contributed by atoms with Gasteiger partial charge in [0.2, 0.25) is 0 Å². The lowest BCUT2D eigenvalue weighted by Crippen LogP contribution is -2.09. The molecule has 0 saturated heterocycles. The van der Waals surface area contributed by atoms with Gasteiger partial charge in [-0.05, 0) is 58.7 Å². The van der Waals surface area contributed by atoms with Crippen molar-refractivity contribution in [3.8, 4) is 0 Å². The topological polar surface area (TPSA) is 20.2 Å². The molecule has 0 radical (unpaired) electrons. The lowest BCUT2D eigenvalue weighted by Gasteiger charge is -2.26. The summed E-state index contributed by atoms with van der Waals surface area (Å²) < 4.78 is 0. The number of thiophene rings is 1. The van der Waals surface area contributed by atoms with Crippen molar-refractivity contribution >= 4 is 11.3 Å². The Balaban J connectivity index is 1.89. The van der Waals surface area contributed by atoms with Crippen LogP contribution in [0.2, 0.25) is 0 Å².